The van der Waals surface area contributed by atoms with Gasteiger partial charge in [0, 0.05) is 17.0 Å². The molecule has 0 aliphatic rings. The number of amides is 1. The van der Waals surface area contributed by atoms with Gasteiger partial charge in [-0.2, -0.15) is 10.2 Å². The maximum Gasteiger partial charge on any atom is 0.267 e. The highest BCUT2D eigenvalue weighted by atomic mass is 32.1. The summed E-state index contributed by atoms with van der Waals surface area (Å²) in [5.74, 6) is 0.970. The fourth-order valence-corrected chi connectivity index (χ4v) is 4.55. The van der Waals surface area contributed by atoms with Gasteiger partial charge in [-0.3, -0.25) is 9.89 Å². The van der Waals surface area contributed by atoms with Crippen LogP contribution in [0.1, 0.15) is 15.4 Å². The Morgan fingerprint density at radius 1 is 1.10 bits per heavy atom. The van der Waals surface area contributed by atoms with Gasteiger partial charge in [-0.05, 0) is 37.3 Å². The van der Waals surface area contributed by atoms with E-state index in [9.17, 15) is 4.79 Å². The Kier molecular flexibility index (Phi) is 4.76. The lowest BCUT2D eigenvalue weighted by Gasteiger charge is -2.05. The minimum Gasteiger partial charge on any atom is -0.496 e. The fourth-order valence-electron chi connectivity index (χ4n) is 3.47. The molecular formula is C23H19N5O2S. The van der Waals surface area contributed by atoms with Crippen LogP contribution in [-0.4, -0.2) is 33.0 Å². The molecule has 0 fully saturated rings. The van der Waals surface area contributed by atoms with E-state index in [1.165, 1.54) is 11.3 Å². The molecule has 5 aromatic rings. The molecule has 0 saturated heterocycles. The van der Waals surface area contributed by atoms with E-state index in [-0.39, 0.29) is 5.91 Å². The minimum atomic E-state index is -0.210. The largest absolute Gasteiger partial charge is 0.496 e. The van der Waals surface area contributed by atoms with Crippen molar-refractivity contribution >= 4 is 33.3 Å². The van der Waals surface area contributed by atoms with Crippen LogP contribution in [0.2, 0.25) is 0 Å². The Hall–Kier alpha value is -3.91. The third-order valence-electron chi connectivity index (χ3n) is 4.99. The van der Waals surface area contributed by atoms with Crippen LogP contribution in [0.25, 0.3) is 27.2 Å². The van der Waals surface area contributed by atoms with E-state index in [1.54, 1.807) is 13.2 Å². The van der Waals surface area contributed by atoms with Crippen LogP contribution in [-0.2, 0) is 0 Å². The average Bonchev–Trinajstić information content (AvgIpc) is 3.51. The number of aryl methyl sites for hydroxylation is 1. The molecule has 0 radical (unpaired) electrons. The predicted octanol–water partition coefficient (Wildman–Crippen LogP) is 5.05. The molecule has 2 N–H and O–H groups in total. The number of hydrogen-bond donors (Lipinski definition) is 2. The van der Waals surface area contributed by atoms with Crippen molar-refractivity contribution in [1.82, 2.24) is 20.0 Å². The minimum absolute atomic E-state index is 0.210. The number of fused-ring (bicyclic) bond motifs is 1. The Morgan fingerprint density at radius 3 is 2.68 bits per heavy atom. The lowest BCUT2D eigenvalue weighted by atomic mass is 10.1. The van der Waals surface area contributed by atoms with E-state index in [1.807, 2.05) is 72.3 Å². The van der Waals surface area contributed by atoms with Gasteiger partial charge in [0.05, 0.1) is 29.1 Å². The van der Waals surface area contributed by atoms with Crippen molar-refractivity contribution in [2.45, 2.75) is 6.92 Å². The van der Waals surface area contributed by atoms with Crippen LogP contribution >= 0.6 is 11.3 Å². The summed E-state index contributed by atoms with van der Waals surface area (Å²) in [5, 5.41) is 15.7. The molecular weight excluding hydrogens is 410 g/mol. The van der Waals surface area contributed by atoms with Crippen molar-refractivity contribution in [3.63, 3.8) is 0 Å². The number of anilines is 1. The summed E-state index contributed by atoms with van der Waals surface area (Å²) in [7, 11) is 1.62. The molecule has 0 spiro atoms. The number of aromatic amines is 1. The number of nitrogens with zero attached hydrogens (tertiary/aromatic N) is 3. The molecule has 5 rings (SSSR count). The Bertz CT molecular complexity index is 1380. The molecule has 0 aliphatic carbocycles. The molecule has 0 unspecified atom stereocenters. The quantitative estimate of drug-likeness (QED) is 0.410. The van der Waals surface area contributed by atoms with Gasteiger partial charge >= 0.3 is 0 Å². The number of ether oxygens (including phenoxy) is 1. The maximum absolute atomic E-state index is 12.9. The van der Waals surface area contributed by atoms with Crippen LogP contribution in [0.4, 0.5) is 5.82 Å². The second-order valence-corrected chi connectivity index (χ2v) is 8.01. The molecule has 0 atom stereocenters. The number of H-pyrrole nitrogens is 1. The van der Waals surface area contributed by atoms with E-state index >= 15 is 0 Å². The molecule has 154 valence electrons. The van der Waals surface area contributed by atoms with E-state index in [0.717, 1.165) is 38.6 Å². The number of carbonyl (C=O) groups excluding carboxylic acids is 1. The Balaban J connectivity index is 1.42. The SMILES string of the molecule is COc1ccccc1-c1cc(NC(=O)c2cc3c(C)nn(-c4ccccc4)c3s2)n[nH]1. The van der Waals surface area contributed by atoms with Crippen LogP contribution in [0.5, 0.6) is 5.75 Å². The molecule has 1 amide bonds. The molecule has 8 heteroatoms. The first-order valence-electron chi connectivity index (χ1n) is 9.69. The fraction of sp³-hybridized carbons (Fsp3) is 0.0870. The number of carbonyl (C=O) groups is 1. The summed E-state index contributed by atoms with van der Waals surface area (Å²) in [6.07, 6.45) is 0. The molecule has 0 bridgehead atoms. The monoisotopic (exact) mass is 429 g/mol. The number of aromatic nitrogens is 4. The summed E-state index contributed by atoms with van der Waals surface area (Å²) in [6.45, 7) is 1.95. The second kappa shape index (κ2) is 7.73. The zero-order chi connectivity index (χ0) is 21.4. The normalized spacial score (nSPS) is 11.0. The topological polar surface area (TPSA) is 84.8 Å². The Labute approximate surface area is 182 Å². The van der Waals surface area contributed by atoms with Crippen LogP contribution in [0, 0.1) is 6.92 Å². The van der Waals surface area contributed by atoms with Gasteiger partial charge in [-0.25, -0.2) is 4.68 Å². The van der Waals surface area contributed by atoms with E-state index < -0.39 is 0 Å². The number of methoxy groups -OCH3 is 1. The number of thiophene rings is 1. The van der Waals surface area contributed by atoms with E-state index in [2.05, 4.69) is 20.6 Å². The van der Waals surface area contributed by atoms with Crippen LogP contribution in [0.15, 0.2) is 66.7 Å². The zero-order valence-electron chi connectivity index (χ0n) is 16.9. The van der Waals surface area contributed by atoms with Gasteiger partial charge in [-0.1, -0.05) is 30.3 Å². The standard InChI is InChI=1S/C23H19N5O2S/c1-14-17-12-20(31-23(17)28(27-14)15-8-4-3-5-9-15)22(29)24-21-13-18(25-26-21)16-10-6-7-11-19(16)30-2/h3-13H,1-2H3,(H2,24,25,26,29). The van der Waals surface area contributed by atoms with Crippen molar-refractivity contribution in [2.75, 3.05) is 12.4 Å². The first-order valence-corrected chi connectivity index (χ1v) is 10.5. The smallest absolute Gasteiger partial charge is 0.267 e. The number of nitrogens with one attached hydrogen (secondary N) is 2. The highest BCUT2D eigenvalue weighted by Crippen LogP contribution is 2.32. The second-order valence-electron chi connectivity index (χ2n) is 6.98. The molecule has 0 saturated carbocycles. The number of para-hydroxylation sites is 2. The van der Waals surface area contributed by atoms with Crippen molar-refractivity contribution < 1.29 is 9.53 Å². The number of rotatable bonds is 5. The van der Waals surface area contributed by atoms with Gasteiger partial charge in [0.2, 0.25) is 0 Å². The highest BCUT2D eigenvalue weighted by molar-refractivity contribution is 7.20. The predicted molar refractivity (Wildman–Crippen MR) is 122 cm³/mol. The molecule has 0 aliphatic heterocycles. The third kappa shape index (κ3) is 3.47. The summed E-state index contributed by atoms with van der Waals surface area (Å²) in [6, 6.07) is 21.2. The van der Waals surface area contributed by atoms with Gasteiger partial charge in [0.1, 0.15) is 10.6 Å². The molecule has 7 nitrogen and oxygen atoms in total. The van der Waals surface area contributed by atoms with Crippen molar-refractivity contribution in [3.8, 4) is 22.7 Å². The maximum atomic E-state index is 12.9. The van der Waals surface area contributed by atoms with E-state index in [0.29, 0.717) is 10.7 Å². The number of hydrogen-bond acceptors (Lipinski definition) is 5. The molecule has 31 heavy (non-hydrogen) atoms. The van der Waals surface area contributed by atoms with Crippen LogP contribution < -0.4 is 10.1 Å². The van der Waals surface area contributed by atoms with E-state index in [4.69, 9.17) is 4.74 Å². The lowest BCUT2D eigenvalue weighted by molar-refractivity contribution is 0.103. The lowest BCUT2D eigenvalue weighted by Crippen LogP contribution is -2.10. The van der Waals surface area contributed by atoms with Crippen molar-refractivity contribution in [1.29, 1.82) is 0 Å². The molecule has 3 heterocycles. The van der Waals surface area contributed by atoms with Crippen molar-refractivity contribution in [3.05, 3.63) is 77.3 Å². The zero-order valence-corrected chi connectivity index (χ0v) is 17.7. The average molecular weight is 430 g/mol. The summed E-state index contributed by atoms with van der Waals surface area (Å²) < 4.78 is 7.28. The first-order chi connectivity index (χ1) is 15.1. The third-order valence-corrected chi connectivity index (χ3v) is 6.10. The van der Waals surface area contributed by atoms with Crippen molar-refractivity contribution in [2.24, 2.45) is 0 Å². The number of benzene rings is 2. The summed E-state index contributed by atoms with van der Waals surface area (Å²) in [5.41, 5.74) is 3.48. The molecule has 2 aromatic carbocycles. The summed E-state index contributed by atoms with van der Waals surface area (Å²) >= 11 is 1.41. The summed E-state index contributed by atoms with van der Waals surface area (Å²) in [4.78, 5) is 14.4. The van der Waals surface area contributed by atoms with Gasteiger partial charge in [0.25, 0.3) is 5.91 Å². The Morgan fingerprint density at radius 2 is 1.87 bits per heavy atom. The van der Waals surface area contributed by atoms with Crippen LogP contribution in [0.3, 0.4) is 0 Å². The van der Waals surface area contributed by atoms with Gasteiger partial charge in [-0.15, -0.1) is 11.3 Å². The van der Waals surface area contributed by atoms with Gasteiger partial charge in [0.15, 0.2) is 5.82 Å². The molecule has 3 aromatic heterocycles. The van der Waals surface area contributed by atoms with Gasteiger partial charge < -0.3 is 10.1 Å². The highest BCUT2D eigenvalue weighted by Gasteiger charge is 2.18. The first kappa shape index (κ1) is 19.1.